The highest BCUT2D eigenvalue weighted by Crippen LogP contribution is 2.03. The number of aryl methyl sites for hydroxylation is 1. The molecule has 5 nitrogen and oxygen atoms in total. The lowest BCUT2D eigenvalue weighted by Crippen LogP contribution is -2.17. The molecule has 6 heteroatoms. The molecule has 2 rings (SSSR count). The van der Waals surface area contributed by atoms with Gasteiger partial charge in [0, 0.05) is 39.0 Å². The number of aromatic amines is 1. The topological polar surface area (TPSA) is 69.4 Å². The molecule has 0 radical (unpaired) electrons. The lowest BCUT2D eigenvalue weighted by atomic mass is 10.2. The van der Waals surface area contributed by atoms with E-state index in [0.29, 0.717) is 16.7 Å². The van der Waals surface area contributed by atoms with Crippen molar-refractivity contribution in [1.82, 2.24) is 19.9 Å². The van der Waals surface area contributed by atoms with Gasteiger partial charge in [0.15, 0.2) is 0 Å². The molecule has 98 valence electrons. The van der Waals surface area contributed by atoms with E-state index < -0.39 is 0 Å². The summed E-state index contributed by atoms with van der Waals surface area (Å²) in [5.41, 5.74) is 2.60. The van der Waals surface area contributed by atoms with Gasteiger partial charge in [0.2, 0.25) is 0 Å². The van der Waals surface area contributed by atoms with Crippen LogP contribution in [0, 0.1) is 16.0 Å². The largest absolute Gasteiger partial charge is 0.351 e. The van der Waals surface area contributed by atoms with Gasteiger partial charge >= 0.3 is 0 Å². The van der Waals surface area contributed by atoms with Crippen molar-refractivity contribution >= 4 is 12.2 Å². The number of hydrogen-bond donors (Lipinski definition) is 2. The first kappa shape index (κ1) is 13.5. The van der Waals surface area contributed by atoms with Crippen LogP contribution in [0.1, 0.15) is 16.8 Å². The van der Waals surface area contributed by atoms with E-state index in [4.69, 9.17) is 17.5 Å². The zero-order valence-electron chi connectivity index (χ0n) is 10.7. The number of nitrogens with zero attached hydrogens (tertiary/aromatic N) is 3. The molecule has 19 heavy (non-hydrogen) atoms. The first-order chi connectivity index (χ1) is 9.19. The molecule has 0 unspecified atom stereocenters. The Morgan fingerprint density at radius 3 is 3.11 bits per heavy atom. The monoisotopic (exact) mass is 273 g/mol. The number of rotatable bonds is 5. The summed E-state index contributed by atoms with van der Waals surface area (Å²) >= 11 is 5.00. The van der Waals surface area contributed by atoms with Crippen molar-refractivity contribution in [3.05, 3.63) is 46.2 Å². The average Bonchev–Trinajstić information content (AvgIpc) is 2.82. The molecule has 0 bridgehead atoms. The molecule has 2 aromatic heterocycles. The summed E-state index contributed by atoms with van der Waals surface area (Å²) in [6.45, 7) is 1.54. The van der Waals surface area contributed by atoms with E-state index in [1.54, 1.807) is 6.33 Å². The second-order valence-electron chi connectivity index (χ2n) is 4.32. The summed E-state index contributed by atoms with van der Waals surface area (Å²) in [6.07, 6.45) is 6.52. The Kier molecular flexibility index (Phi) is 4.44. The van der Waals surface area contributed by atoms with Crippen molar-refractivity contribution in [2.24, 2.45) is 7.05 Å². The maximum Gasteiger partial charge on any atom is 0.121 e. The third-order valence-electron chi connectivity index (χ3n) is 2.73. The highest BCUT2D eigenvalue weighted by atomic mass is 32.1. The van der Waals surface area contributed by atoms with E-state index in [2.05, 4.69) is 21.4 Å². The Balaban J connectivity index is 1.83. The standard InChI is InChI=1S/C13H15N5S/c1-18-8-12(17-9-18)2-3-15-6-10-4-11(5-14)13(19)16-7-10/h4,7-9,15H,2-3,6H2,1H3,(H,16,19). The van der Waals surface area contributed by atoms with E-state index >= 15 is 0 Å². The number of H-pyrrole nitrogens is 1. The first-order valence-corrected chi connectivity index (χ1v) is 6.39. The van der Waals surface area contributed by atoms with Gasteiger partial charge in [-0.2, -0.15) is 5.26 Å². The van der Waals surface area contributed by atoms with Crippen LogP contribution in [0.2, 0.25) is 0 Å². The predicted molar refractivity (Wildman–Crippen MR) is 75.0 cm³/mol. The highest BCUT2D eigenvalue weighted by Gasteiger charge is 1.99. The Morgan fingerprint density at radius 1 is 1.58 bits per heavy atom. The van der Waals surface area contributed by atoms with Crippen LogP contribution in [0.15, 0.2) is 24.8 Å². The average molecular weight is 273 g/mol. The molecule has 0 atom stereocenters. The molecule has 0 aliphatic heterocycles. The normalized spacial score (nSPS) is 10.3. The van der Waals surface area contributed by atoms with Crippen molar-refractivity contribution in [1.29, 1.82) is 5.26 Å². The van der Waals surface area contributed by atoms with Gasteiger partial charge in [0.25, 0.3) is 0 Å². The first-order valence-electron chi connectivity index (χ1n) is 5.98. The SMILES string of the molecule is Cn1cnc(CCNCc2c[nH]c(=S)c(C#N)c2)c1. The minimum absolute atomic E-state index is 0.486. The molecule has 0 spiro atoms. The van der Waals surface area contributed by atoms with E-state index in [-0.39, 0.29) is 0 Å². The van der Waals surface area contributed by atoms with Gasteiger partial charge in [-0.1, -0.05) is 12.2 Å². The summed E-state index contributed by atoms with van der Waals surface area (Å²) in [7, 11) is 1.96. The number of imidazole rings is 1. The minimum Gasteiger partial charge on any atom is -0.351 e. The molecule has 0 saturated carbocycles. The summed E-state index contributed by atoms with van der Waals surface area (Å²) in [4.78, 5) is 7.18. The molecule has 2 heterocycles. The third kappa shape index (κ3) is 3.74. The molecule has 0 fully saturated rings. The molecule has 0 amide bonds. The third-order valence-corrected chi connectivity index (χ3v) is 3.07. The Labute approximate surface area is 116 Å². The van der Waals surface area contributed by atoms with Gasteiger partial charge in [0.05, 0.1) is 17.6 Å². The van der Waals surface area contributed by atoms with Gasteiger partial charge in [-0.25, -0.2) is 4.98 Å². The van der Waals surface area contributed by atoms with Crippen molar-refractivity contribution < 1.29 is 0 Å². The van der Waals surface area contributed by atoms with Crippen LogP contribution in [0.3, 0.4) is 0 Å². The summed E-state index contributed by atoms with van der Waals surface area (Å²) in [6, 6.07) is 3.89. The van der Waals surface area contributed by atoms with Gasteiger partial charge < -0.3 is 14.9 Å². The van der Waals surface area contributed by atoms with E-state index in [1.807, 2.05) is 30.1 Å². The number of nitriles is 1. The van der Waals surface area contributed by atoms with Gasteiger partial charge in [0.1, 0.15) is 10.7 Å². The zero-order chi connectivity index (χ0) is 13.7. The fourth-order valence-corrected chi connectivity index (χ4v) is 1.92. The molecule has 0 aliphatic rings. The predicted octanol–water partition coefficient (Wildman–Crippen LogP) is 1.68. The fourth-order valence-electron chi connectivity index (χ4n) is 1.76. The van der Waals surface area contributed by atoms with E-state index in [9.17, 15) is 0 Å². The van der Waals surface area contributed by atoms with Crippen molar-refractivity contribution in [2.75, 3.05) is 6.54 Å². The molecule has 0 saturated heterocycles. The van der Waals surface area contributed by atoms with Crippen LogP contribution in [-0.2, 0) is 20.0 Å². The Hall–Kier alpha value is -1.97. The molecular formula is C13H15N5S. The Bertz CT molecular complexity index is 650. The number of nitrogens with one attached hydrogen (secondary N) is 2. The summed E-state index contributed by atoms with van der Waals surface area (Å²) in [5.74, 6) is 0. The summed E-state index contributed by atoms with van der Waals surface area (Å²) in [5, 5.41) is 12.2. The number of pyridine rings is 1. The molecule has 0 aromatic carbocycles. The highest BCUT2D eigenvalue weighted by molar-refractivity contribution is 7.71. The van der Waals surface area contributed by atoms with Crippen molar-refractivity contribution in [2.45, 2.75) is 13.0 Å². The van der Waals surface area contributed by atoms with Gasteiger partial charge in [-0.3, -0.25) is 0 Å². The van der Waals surface area contributed by atoms with E-state index in [1.165, 1.54) is 0 Å². The summed E-state index contributed by atoms with van der Waals surface area (Å²) < 4.78 is 2.42. The fraction of sp³-hybridized carbons (Fsp3) is 0.308. The van der Waals surface area contributed by atoms with Crippen LogP contribution in [-0.4, -0.2) is 21.1 Å². The van der Waals surface area contributed by atoms with Crippen LogP contribution in [0.5, 0.6) is 0 Å². The van der Waals surface area contributed by atoms with Gasteiger partial charge in [-0.15, -0.1) is 0 Å². The Morgan fingerprint density at radius 2 is 2.42 bits per heavy atom. The van der Waals surface area contributed by atoms with E-state index in [0.717, 1.165) is 24.2 Å². The smallest absolute Gasteiger partial charge is 0.121 e. The number of aromatic nitrogens is 3. The quantitative estimate of drug-likeness (QED) is 0.642. The lowest BCUT2D eigenvalue weighted by molar-refractivity contribution is 0.679. The molecule has 2 aromatic rings. The molecule has 0 aliphatic carbocycles. The van der Waals surface area contributed by atoms with Crippen LogP contribution >= 0.6 is 12.2 Å². The van der Waals surface area contributed by atoms with Crippen molar-refractivity contribution in [3.63, 3.8) is 0 Å². The maximum atomic E-state index is 8.90. The van der Waals surface area contributed by atoms with Crippen LogP contribution in [0.25, 0.3) is 0 Å². The molecule has 2 N–H and O–H groups in total. The van der Waals surface area contributed by atoms with Gasteiger partial charge in [-0.05, 0) is 11.6 Å². The second kappa shape index (κ2) is 6.27. The number of hydrogen-bond acceptors (Lipinski definition) is 4. The van der Waals surface area contributed by atoms with Crippen LogP contribution in [0.4, 0.5) is 0 Å². The lowest BCUT2D eigenvalue weighted by Gasteiger charge is -2.04. The zero-order valence-corrected chi connectivity index (χ0v) is 11.5. The van der Waals surface area contributed by atoms with Crippen molar-refractivity contribution in [3.8, 4) is 6.07 Å². The molecular weight excluding hydrogens is 258 g/mol. The van der Waals surface area contributed by atoms with Crippen LogP contribution < -0.4 is 5.32 Å². The minimum atomic E-state index is 0.486. The second-order valence-corrected chi connectivity index (χ2v) is 4.73. The maximum absolute atomic E-state index is 8.90.